The van der Waals surface area contributed by atoms with E-state index >= 15 is 0 Å². The Morgan fingerprint density at radius 2 is 2.05 bits per heavy atom. The first-order valence-electron chi connectivity index (χ1n) is 6.87. The van der Waals surface area contributed by atoms with Crippen LogP contribution in [0.2, 0.25) is 0 Å². The lowest BCUT2D eigenvalue weighted by molar-refractivity contribution is -0.149. The van der Waals surface area contributed by atoms with Gasteiger partial charge in [-0.05, 0) is 26.7 Å². The summed E-state index contributed by atoms with van der Waals surface area (Å²) in [6.45, 7) is 3.22. The molecule has 0 aliphatic heterocycles. The summed E-state index contributed by atoms with van der Waals surface area (Å²) in [4.78, 5) is 24.3. The molecule has 8 nitrogen and oxygen atoms in total. The number of sulfonamides is 1. The van der Waals surface area contributed by atoms with Crippen molar-refractivity contribution in [3.05, 3.63) is 0 Å². The molecule has 0 saturated heterocycles. The van der Waals surface area contributed by atoms with Crippen molar-refractivity contribution >= 4 is 21.9 Å². The quantitative estimate of drug-likeness (QED) is 0.520. The lowest BCUT2D eigenvalue weighted by Gasteiger charge is -2.26. The molecule has 1 saturated carbocycles. The summed E-state index contributed by atoms with van der Waals surface area (Å²) in [6, 6.07) is -1.06. The summed E-state index contributed by atoms with van der Waals surface area (Å²) in [5.74, 6) is -1.85. The minimum Gasteiger partial charge on any atom is -0.480 e. The van der Waals surface area contributed by atoms with Crippen LogP contribution in [0, 0.1) is 0 Å². The normalized spacial score (nSPS) is 16.5. The first-order chi connectivity index (χ1) is 9.78. The predicted octanol–water partition coefficient (Wildman–Crippen LogP) is -0.594. The highest BCUT2D eigenvalue weighted by Gasteiger charge is 2.38. The van der Waals surface area contributed by atoms with E-state index in [0.717, 1.165) is 12.8 Å². The van der Waals surface area contributed by atoms with E-state index < -0.39 is 34.5 Å². The Hall–Kier alpha value is -1.19. The van der Waals surface area contributed by atoms with Crippen molar-refractivity contribution in [2.75, 3.05) is 25.5 Å². The number of hydrogen-bond acceptors (Lipinski definition) is 5. The number of nitrogens with one attached hydrogen (secondary N) is 1. The minimum atomic E-state index is -3.60. The zero-order valence-corrected chi connectivity index (χ0v) is 13.1. The maximum atomic E-state index is 12.1. The van der Waals surface area contributed by atoms with Crippen LogP contribution in [0.5, 0.6) is 0 Å². The third-order valence-electron chi connectivity index (χ3n) is 3.15. The van der Waals surface area contributed by atoms with Crippen molar-refractivity contribution < 1.29 is 27.9 Å². The zero-order valence-electron chi connectivity index (χ0n) is 12.2. The molecular formula is C12H22N2O6S. The second-order valence-electron chi connectivity index (χ2n) is 4.88. The fourth-order valence-electron chi connectivity index (χ4n) is 1.86. The molecule has 0 aromatic rings. The van der Waals surface area contributed by atoms with Gasteiger partial charge in [-0.3, -0.25) is 4.79 Å². The highest BCUT2D eigenvalue weighted by Crippen LogP contribution is 2.28. The molecular weight excluding hydrogens is 300 g/mol. The van der Waals surface area contributed by atoms with Crippen LogP contribution in [0.4, 0.5) is 0 Å². The summed E-state index contributed by atoms with van der Waals surface area (Å²) in [7, 11) is -3.60. The fourth-order valence-corrected chi connectivity index (χ4v) is 2.68. The Balaban J connectivity index is 2.52. The molecule has 9 heteroatoms. The van der Waals surface area contributed by atoms with Gasteiger partial charge < -0.3 is 14.7 Å². The molecule has 0 aromatic heterocycles. The predicted molar refractivity (Wildman–Crippen MR) is 75.2 cm³/mol. The molecule has 1 aliphatic rings. The fraction of sp³-hybridized carbons (Fsp3) is 0.833. The Morgan fingerprint density at radius 3 is 2.52 bits per heavy atom. The van der Waals surface area contributed by atoms with Crippen LogP contribution in [0.3, 0.4) is 0 Å². The summed E-state index contributed by atoms with van der Waals surface area (Å²) >= 11 is 0. The summed E-state index contributed by atoms with van der Waals surface area (Å²) in [5.41, 5.74) is 0. The number of aliphatic carboxylic acids is 1. The zero-order chi connectivity index (χ0) is 16.0. The number of ether oxygens (including phenoxy) is 1. The molecule has 0 bridgehead atoms. The molecule has 2 N–H and O–H groups in total. The third-order valence-corrected chi connectivity index (χ3v) is 4.44. The molecule has 0 aromatic carbocycles. The van der Waals surface area contributed by atoms with E-state index in [1.54, 1.807) is 6.92 Å². The van der Waals surface area contributed by atoms with Gasteiger partial charge in [0, 0.05) is 12.6 Å². The highest BCUT2D eigenvalue weighted by molar-refractivity contribution is 7.89. The summed E-state index contributed by atoms with van der Waals surface area (Å²) in [6.07, 6.45) is 1.50. The van der Waals surface area contributed by atoms with E-state index in [-0.39, 0.29) is 18.4 Å². The second-order valence-corrected chi connectivity index (χ2v) is 6.81. The van der Waals surface area contributed by atoms with E-state index in [0.29, 0.717) is 6.61 Å². The van der Waals surface area contributed by atoms with Gasteiger partial charge >= 0.3 is 5.97 Å². The van der Waals surface area contributed by atoms with Crippen LogP contribution in [-0.4, -0.2) is 67.9 Å². The van der Waals surface area contributed by atoms with Crippen LogP contribution in [0.1, 0.15) is 26.7 Å². The molecule has 1 amide bonds. The molecule has 0 spiro atoms. The maximum absolute atomic E-state index is 12.1. The van der Waals surface area contributed by atoms with Gasteiger partial charge in [0.2, 0.25) is 15.9 Å². The van der Waals surface area contributed by atoms with E-state index in [4.69, 9.17) is 9.84 Å². The maximum Gasteiger partial charge on any atom is 0.326 e. The van der Waals surface area contributed by atoms with Crippen molar-refractivity contribution in [3.8, 4) is 0 Å². The van der Waals surface area contributed by atoms with E-state index in [2.05, 4.69) is 4.72 Å². The van der Waals surface area contributed by atoms with E-state index in [1.807, 2.05) is 0 Å². The number of nitrogens with zero attached hydrogens (tertiary/aromatic N) is 1. The van der Waals surface area contributed by atoms with Gasteiger partial charge in [0.15, 0.2) is 0 Å². The largest absolute Gasteiger partial charge is 0.480 e. The van der Waals surface area contributed by atoms with Gasteiger partial charge in [-0.25, -0.2) is 17.9 Å². The third kappa shape index (κ3) is 5.98. The minimum absolute atomic E-state index is 0.0535. The molecule has 1 unspecified atom stereocenters. The second kappa shape index (κ2) is 7.71. The van der Waals surface area contributed by atoms with E-state index in [9.17, 15) is 18.0 Å². The van der Waals surface area contributed by atoms with Crippen molar-refractivity contribution in [3.63, 3.8) is 0 Å². The van der Waals surface area contributed by atoms with Gasteiger partial charge in [0.25, 0.3) is 0 Å². The lowest BCUT2D eigenvalue weighted by atomic mass is 10.2. The number of carboxylic acids is 1. The first kappa shape index (κ1) is 17.9. The van der Waals surface area contributed by atoms with E-state index in [1.165, 1.54) is 11.8 Å². The van der Waals surface area contributed by atoms with Crippen molar-refractivity contribution in [1.82, 2.24) is 9.62 Å². The first-order valence-corrected chi connectivity index (χ1v) is 8.52. The summed E-state index contributed by atoms with van der Waals surface area (Å²) in [5, 5.41) is 9.00. The monoisotopic (exact) mass is 322 g/mol. The molecule has 21 heavy (non-hydrogen) atoms. The van der Waals surface area contributed by atoms with Crippen molar-refractivity contribution in [2.24, 2.45) is 0 Å². The summed E-state index contributed by atoms with van der Waals surface area (Å²) < 4.78 is 30.4. The number of carboxylic acid groups (broad SMARTS) is 1. The average molecular weight is 322 g/mol. The van der Waals surface area contributed by atoms with Crippen LogP contribution in [0.25, 0.3) is 0 Å². The Morgan fingerprint density at radius 1 is 1.43 bits per heavy atom. The average Bonchev–Trinajstić information content (AvgIpc) is 3.21. The molecule has 0 radical (unpaired) electrons. The highest BCUT2D eigenvalue weighted by atomic mass is 32.2. The molecule has 1 fully saturated rings. The van der Waals surface area contributed by atoms with Crippen LogP contribution in [0.15, 0.2) is 0 Å². The molecule has 0 heterocycles. The molecule has 122 valence electrons. The molecule has 1 atom stereocenters. The van der Waals surface area contributed by atoms with Gasteiger partial charge in [0.1, 0.15) is 6.04 Å². The topological polar surface area (TPSA) is 113 Å². The van der Waals surface area contributed by atoms with Gasteiger partial charge in [-0.2, -0.15) is 0 Å². The van der Waals surface area contributed by atoms with Crippen molar-refractivity contribution in [1.29, 1.82) is 0 Å². The number of amides is 1. The Labute approximate surface area is 124 Å². The van der Waals surface area contributed by atoms with Gasteiger partial charge in [-0.15, -0.1) is 0 Å². The van der Waals surface area contributed by atoms with Crippen LogP contribution >= 0.6 is 0 Å². The van der Waals surface area contributed by atoms with Gasteiger partial charge in [0.05, 0.1) is 18.9 Å². The van der Waals surface area contributed by atoms with Crippen molar-refractivity contribution in [2.45, 2.75) is 38.8 Å². The Bertz CT molecular complexity index is 474. The van der Waals surface area contributed by atoms with Crippen LogP contribution in [-0.2, 0) is 24.3 Å². The number of hydrogen-bond donors (Lipinski definition) is 2. The SMILES string of the molecule is CCOCCS(=O)(=O)NCC(=O)N(C1CC1)C(C)C(=O)O. The van der Waals surface area contributed by atoms with Crippen LogP contribution < -0.4 is 4.72 Å². The lowest BCUT2D eigenvalue weighted by Crippen LogP contribution is -2.49. The molecule has 1 aliphatic carbocycles. The smallest absolute Gasteiger partial charge is 0.326 e. The number of carbonyl (C=O) groups is 2. The molecule has 1 rings (SSSR count). The number of rotatable bonds is 10. The number of carbonyl (C=O) groups excluding carboxylic acids is 1. The Kier molecular flexibility index (Phi) is 6.56. The van der Waals surface area contributed by atoms with Gasteiger partial charge in [-0.1, -0.05) is 0 Å². The standard InChI is InChI=1S/C12H22N2O6S/c1-3-20-6-7-21(18,19)13-8-11(15)14(10-4-5-10)9(2)12(16)17/h9-10,13H,3-8H2,1-2H3,(H,16,17).